The van der Waals surface area contributed by atoms with E-state index in [4.69, 9.17) is 9.47 Å². The van der Waals surface area contributed by atoms with Crippen molar-refractivity contribution in [3.05, 3.63) is 30.2 Å². The molecule has 0 fully saturated rings. The SMILES string of the molecule is COCCn1nnc(C(=O)OC)c1-c1ccncc1. The zero-order valence-electron chi connectivity index (χ0n) is 10.7. The molecule has 19 heavy (non-hydrogen) atoms. The van der Waals surface area contributed by atoms with Crippen molar-refractivity contribution in [2.24, 2.45) is 0 Å². The van der Waals surface area contributed by atoms with Crippen LogP contribution in [0.1, 0.15) is 10.5 Å². The molecule has 2 aromatic rings. The van der Waals surface area contributed by atoms with Crippen LogP contribution in [0.2, 0.25) is 0 Å². The van der Waals surface area contributed by atoms with Gasteiger partial charge >= 0.3 is 5.97 Å². The first-order chi connectivity index (χ1) is 9.27. The van der Waals surface area contributed by atoms with E-state index < -0.39 is 5.97 Å². The summed E-state index contributed by atoms with van der Waals surface area (Å²) in [6.07, 6.45) is 3.29. The van der Waals surface area contributed by atoms with Gasteiger partial charge in [-0.2, -0.15) is 0 Å². The lowest BCUT2D eigenvalue weighted by Crippen LogP contribution is -2.09. The summed E-state index contributed by atoms with van der Waals surface area (Å²) >= 11 is 0. The molecule has 0 aliphatic rings. The molecule has 2 aromatic heterocycles. The van der Waals surface area contributed by atoms with Crippen LogP contribution in [0.4, 0.5) is 0 Å². The van der Waals surface area contributed by atoms with Crippen LogP contribution in [0.15, 0.2) is 24.5 Å². The van der Waals surface area contributed by atoms with Crippen molar-refractivity contribution in [2.75, 3.05) is 20.8 Å². The Morgan fingerprint density at radius 2 is 2.05 bits per heavy atom. The molecule has 2 rings (SSSR count). The van der Waals surface area contributed by atoms with Crippen LogP contribution in [-0.2, 0) is 16.0 Å². The Bertz CT molecular complexity index is 553. The maximum Gasteiger partial charge on any atom is 0.360 e. The lowest BCUT2D eigenvalue weighted by atomic mass is 10.1. The number of aromatic nitrogens is 4. The molecular formula is C12H14N4O3. The minimum absolute atomic E-state index is 0.185. The minimum atomic E-state index is -0.518. The second kappa shape index (κ2) is 6.05. The Kier molecular flexibility index (Phi) is 4.19. The van der Waals surface area contributed by atoms with Crippen LogP contribution in [0, 0.1) is 0 Å². The minimum Gasteiger partial charge on any atom is -0.464 e. The number of hydrogen-bond acceptors (Lipinski definition) is 6. The third-order valence-electron chi connectivity index (χ3n) is 2.57. The topological polar surface area (TPSA) is 79.1 Å². The number of rotatable bonds is 5. The van der Waals surface area contributed by atoms with Gasteiger partial charge in [0.1, 0.15) is 5.69 Å². The first kappa shape index (κ1) is 13.2. The van der Waals surface area contributed by atoms with E-state index in [-0.39, 0.29) is 5.69 Å². The summed E-state index contributed by atoms with van der Waals surface area (Å²) in [7, 11) is 2.91. The number of carbonyl (C=O) groups is 1. The molecule has 0 aliphatic carbocycles. The van der Waals surface area contributed by atoms with Gasteiger partial charge < -0.3 is 9.47 Å². The van der Waals surface area contributed by atoms with E-state index in [1.54, 1.807) is 36.3 Å². The molecule has 0 bridgehead atoms. The summed E-state index contributed by atoms with van der Waals surface area (Å²) in [4.78, 5) is 15.7. The van der Waals surface area contributed by atoms with Crippen LogP contribution < -0.4 is 0 Å². The van der Waals surface area contributed by atoms with Crippen LogP contribution >= 0.6 is 0 Å². The lowest BCUT2D eigenvalue weighted by molar-refractivity contribution is 0.0595. The van der Waals surface area contributed by atoms with E-state index >= 15 is 0 Å². The van der Waals surface area contributed by atoms with E-state index in [2.05, 4.69) is 15.3 Å². The highest BCUT2D eigenvalue weighted by atomic mass is 16.5. The Labute approximate surface area is 110 Å². The number of ether oxygens (including phenoxy) is 2. The molecule has 2 heterocycles. The summed E-state index contributed by atoms with van der Waals surface area (Å²) in [5, 5.41) is 7.84. The lowest BCUT2D eigenvalue weighted by Gasteiger charge is -2.06. The fourth-order valence-corrected chi connectivity index (χ4v) is 1.68. The van der Waals surface area contributed by atoms with E-state index in [1.165, 1.54) is 7.11 Å². The molecule has 100 valence electrons. The molecule has 7 nitrogen and oxygen atoms in total. The molecule has 0 spiro atoms. The Hall–Kier alpha value is -2.28. The summed E-state index contributed by atoms with van der Waals surface area (Å²) in [5.41, 5.74) is 1.59. The van der Waals surface area contributed by atoms with Gasteiger partial charge in [0.15, 0.2) is 5.69 Å². The number of methoxy groups -OCH3 is 2. The second-order valence-electron chi connectivity index (χ2n) is 3.73. The summed E-state index contributed by atoms with van der Waals surface area (Å²) < 4.78 is 11.3. The Balaban J connectivity index is 2.47. The van der Waals surface area contributed by atoms with Crippen LogP contribution in [0.25, 0.3) is 11.3 Å². The molecule has 7 heteroatoms. The highest BCUT2D eigenvalue weighted by molar-refractivity contribution is 5.93. The number of nitrogens with zero attached hydrogens (tertiary/aromatic N) is 4. The molecule has 0 unspecified atom stereocenters. The number of hydrogen-bond donors (Lipinski definition) is 0. The molecule has 0 aromatic carbocycles. The van der Waals surface area contributed by atoms with E-state index in [1.807, 2.05) is 0 Å². The molecule has 0 amide bonds. The summed E-state index contributed by atoms with van der Waals surface area (Å²) in [5.74, 6) is -0.518. The van der Waals surface area contributed by atoms with Crippen molar-refractivity contribution in [3.63, 3.8) is 0 Å². The molecule has 0 saturated carbocycles. The Morgan fingerprint density at radius 3 is 2.68 bits per heavy atom. The van der Waals surface area contributed by atoms with E-state index in [9.17, 15) is 4.79 Å². The van der Waals surface area contributed by atoms with Gasteiger partial charge in [0.2, 0.25) is 0 Å². The summed E-state index contributed by atoms with van der Waals surface area (Å²) in [6, 6.07) is 3.57. The molecule has 0 N–H and O–H groups in total. The van der Waals surface area contributed by atoms with Crippen LogP contribution in [-0.4, -0.2) is 46.8 Å². The first-order valence-electron chi connectivity index (χ1n) is 5.69. The average molecular weight is 262 g/mol. The standard InChI is InChI=1S/C12H14N4O3/c1-18-8-7-16-11(9-3-5-13-6-4-9)10(14-15-16)12(17)19-2/h3-6H,7-8H2,1-2H3. The third-order valence-corrected chi connectivity index (χ3v) is 2.57. The van der Waals surface area contributed by atoms with Gasteiger partial charge in [0, 0.05) is 25.1 Å². The van der Waals surface area contributed by atoms with Gasteiger partial charge in [-0.3, -0.25) is 4.98 Å². The second-order valence-corrected chi connectivity index (χ2v) is 3.73. The average Bonchev–Trinajstić information content (AvgIpc) is 2.89. The summed E-state index contributed by atoms with van der Waals surface area (Å²) in [6.45, 7) is 0.972. The molecule has 0 radical (unpaired) electrons. The van der Waals surface area contributed by atoms with Crippen molar-refractivity contribution < 1.29 is 14.3 Å². The monoisotopic (exact) mass is 262 g/mol. The maximum absolute atomic E-state index is 11.7. The zero-order valence-corrected chi connectivity index (χ0v) is 10.7. The van der Waals surface area contributed by atoms with Crippen LogP contribution in [0.3, 0.4) is 0 Å². The van der Waals surface area contributed by atoms with E-state index in [0.29, 0.717) is 18.8 Å². The number of esters is 1. The molecule has 0 atom stereocenters. The normalized spacial score (nSPS) is 10.4. The van der Waals surface area contributed by atoms with E-state index in [0.717, 1.165) is 5.56 Å². The van der Waals surface area contributed by atoms with Crippen molar-refractivity contribution in [1.82, 2.24) is 20.0 Å². The number of pyridine rings is 1. The predicted molar refractivity (Wildman–Crippen MR) is 66.5 cm³/mol. The van der Waals surface area contributed by atoms with Crippen molar-refractivity contribution in [3.8, 4) is 11.3 Å². The fraction of sp³-hybridized carbons (Fsp3) is 0.333. The van der Waals surface area contributed by atoms with Crippen molar-refractivity contribution in [2.45, 2.75) is 6.54 Å². The van der Waals surface area contributed by atoms with Gasteiger partial charge in [0.25, 0.3) is 0 Å². The quantitative estimate of drug-likeness (QED) is 0.741. The highest BCUT2D eigenvalue weighted by Gasteiger charge is 2.21. The van der Waals surface area contributed by atoms with Gasteiger partial charge in [-0.15, -0.1) is 5.10 Å². The molecule has 0 saturated heterocycles. The predicted octanol–water partition coefficient (Wildman–Crippen LogP) is 0.773. The van der Waals surface area contributed by atoms with Gasteiger partial charge in [-0.05, 0) is 12.1 Å². The van der Waals surface area contributed by atoms with Gasteiger partial charge in [-0.25, -0.2) is 9.48 Å². The highest BCUT2D eigenvalue weighted by Crippen LogP contribution is 2.22. The maximum atomic E-state index is 11.7. The Morgan fingerprint density at radius 1 is 1.32 bits per heavy atom. The van der Waals surface area contributed by atoms with Gasteiger partial charge in [0.05, 0.1) is 20.3 Å². The van der Waals surface area contributed by atoms with Crippen molar-refractivity contribution in [1.29, 1.82) is 0 Å². The largest absolute Gasteiger partial charge is 0.464 e. The zero-order chi connectivity index (χ0) is 13.7. The van der Waals surface area contributed by atoms with Crippen molar-refractivity contribution >= 4 is 5.97 Å². The molecular weight excluding hydrogens is 248 g/mol. The van der Waals surface area contributed by atoms with Gasteiger partial charge in [-0.1, -0.05) is 5.21 Å². The smallest absolute Gasteiger partial charge is 0.360 e. The first-order valence-corrected chi connectivity index (χ1v) is 5.69. The van der Waals surface area contributed by atoms with Crippen LogP contribution in [0.5, 0.6) is 0 Å². The third kappa shape index (κ3) is 2.76. The number of carbonyl (C=O) groups excluding carboxylic acids is 1. The fourth-order valence-electron chi connectivity index (χ4n) is 1.68. The molecule has 0 aliphatic heterocycles.